The summed E-state index contributed by atoms with van der Waals surface area (Å²) in [4.78, 5) is 20.6. The van der Waals surface area contributed by atoms with E-state index >= 15 is 0 Å². The minimum atomic E-state index is -3.86. The standard InChI is InChI=1S/C21H22N4O4S/c1-4-29-18-9-5-16(6-10-18)20(26)24-17-7-11-19(12-8-17)30(27,28)25-21-22-14(2)13-15(3)23-21/h5-13H,4H2,1-3H3,(H,24,26)(H,22,23,25). The van der Waals surface area contributed by atoms with Crippen LogP contribution in [-0.4, -0.2) is 30.9 Å². The van der Waals surface area contributed by atoms with E-state index in [4.69, 9.17) is 4.74 Å². The summed E-state index contributed by atoms with van der Waals surface area (Å²) in [6.45, 7) is 5.95. The van der Waals surface area contributed by atoms with Gasteiger partial charge in [0.15, 0.2) is 0 Å². The molecule has 9 heteroatoms. The summed E-state index contributed by atoms with van der Waals surface area (Å²) in [7, 11) is -3.86. The molecule has 0 atom stereocenters. The molecule has 3 aromatic rings. The maximum atomic E-state index is 12.6. The lowest BCUT2D eigenvalue weighted by atomic mass is 10.2. The highest BCUT2D eigenvalue weighted by molar-refractivity contribution is 7.92. The highest BCUT2D eigenvalue weighted by Gasteiger charge is 2.16. The lowest BCUT2D eigenvalue weighted by Crippen LogP contribution is -2.16. The molecule has 156 valence electrons. The Morgan fingerprint density at radius 1 is 0.967 bits per heavy atom. The van der Waals surface area contributed by atoms with Crippen LogP contribution in [0.2, 0.25) is 0 Å². The SMILES string of the molecule is CCOc1ccc(C(=O)Nc2ccc(S(=O)(=O)Nc3nc(C)cc(C)n3)cc2)cc1. The number of ether oxygens (including phenoxy) is 1. The number of carbonyl (C=O) groups is 1. The van der Waals surface area contributed by atoms with E-state index in [0.29, 0.717) is 35.0 Å². The highest BCUT2D eigenvalue weighted by atomic mass is 32.2. The number of aromatic nitrogens is 2. The van der Waals surface area contributed by atoms with Gasteiger partial charge in [-0.1, -0.05) is 0 Å². The second-order valence-electron chi connectivity index (χ2n) is 6.52. The van der Waals surface area contributed by atoms with Crippen molar-refractivity contribution < 1.29 is 17.9 Å². The quantitative estimate of drug-likeness (QED) is 0.598. The van der Waals surface area contributed by atoms with Crippen molar-refractivity contribution >= 4 is 27.6 Å². The predicted octanol–water partition coefficient (Wildman–Crippen LogP) is 3.55. The third-order valence-electron chi connectivity index (χ3n) is 4.06. The predicted molar refractivity (Wildman–Crippen MR) is 114 cm³/mol. The first-order valence-electron chi connectivity index (χ1n) is 9.26. The molecule has 8 nitrogen and oxygen atoms in total. The zero-order valence-electron chi connectivity index (χ0n) is 16.8. The highest BCUT2D eigenvalue weighted by Crippen LogP contribution is 2.18. The fraction of sp³-hybridized carbons (Fsp3) is 0.190. The molecule has 2 N–H and O–H groups in total. The van der Waals surface area contributed by atoms with Gasteiger partial charge in [0.05, 0.1) is 11.5 Å². The van der Waals surface area contributed by atoms with E-state index in [9.17, 15) is 13.2 Å². The van der Waals surface area contributed by atoms with Gasteiger partial charge >= 0.3 is 0 Å². The Kier molecular flexibility index (Phi) is 6.31. The molecule has 1 aromatic heterocycles. The minimum absolute atomic E-state index is 0.0142. The summed E-state index contributed by atoms with van der Waals surface area (Å²) in [5.74, 6) is 0.389. The first-order valence-corrected chi connectivity index (χ1v) is 10.7. The van der Waals surface area contributed by atoms with E-state index in [1.165, 1.54) is 24.3 Å². The summed E-state index contributed by atoms with van der Waals surface area (Å²) >= 11 is 0. The molecule has 0 bridgehead atoms. The number of amides is 1. The molecule has 0 aliphatic heterocycles. The molecule has 30 heavy (non-hydrogen) atoms. The number of hydrogen-bond acceptors (Lipinski definition) is 6. The maximum Gasteiger partial charge on any atom is 0.264 e. The van der Waals surface area contributed by atoms with E-state index in [1.54, 1.807) is 44.2 Å². The van der Waals surface area contributed by atoms with Crippen molar-refractivity contribution in [3.8, 4) is 5.75 Å². The molecule has 0 fully saturated rings. The van der Waals surface area contributed by atoms with Crippen LogP contribution in [0.15, 0.2) is 59.5 Å². The van der Waals surface area contributed by atoms with Crippen LogP contribution in [0.1, 0.15) is 28.7 Å². The van der Waals surface area contributed by atoms with Gasteiger partial charge in [0, 0.05) is 22.6 Å². The molecule has 0 aliphatic rings. The summed E-state index contributed by atoms with van der Waals surface area (Å²) in [6.07, 6.45) is 0. The Balaban J connectivity index is 1.69. The number of sulfonamides is 1. The first kappa shape index (κ1) is 21.3. The molecule has 0 aliphatic carbocycles. The number of nitrogens with one attached hydrogen (secondary N) is 2. The van der Waals surface area contributed by atoms with Crippen LogP contribution in [0.25, 0.3) is 0 Å². The third kappa shape index (κ3) is 5.32. The van der Waals surface area contributed by atoms with E-state index in [1.807, 2.05) is 6.92 Å². The van der Waals surface area contributed by atoms with Crippen LogP contribution in [0, 0.1) is 13.8 Å². The summed E-state index contributed by atoms with van der Waals surface area (Å²) in [5, 5.41) is 2.73. The van der Waals surface area contributed by atoms with Gasteiger partial charge in [0.2, 0.25) is 5.95 Å². The van der Waals surface area contributed by atoms with Gasteiger partial charge in [0.1, 0.15) is 5.75 Å². The van der Waals surface area contributed by atoms with Gasteiger partial charge in [-0.2, -0.15) is 0 Å². The van der Waals surface area contributed by atoms with Gasteiger partial charge in [0.25, 0.3) is 15.9 Å². The minimum Gasteiger partial charge on any atom is -0.494 e. The number of benzene rings is 2. The lowest BCUT2D eigenvalue weighted by molar-refractivity contribution is 0.102. The number of aryl methyl sites for hydroxylation is 2. The molecule has 1 amide bonds. The van der Waals surface area contributed by atoms with Crippen LogP contribution in [0.3, 0.4) is 0 Å². The Bertz CT molecular complexity index is 1120. The molecular formula is C21H22N4O4S. The molecule has 1 heterocycles. The van der Waals surface area contributed by atoms with Gasteiger partial charge in [-0.25, -0.2) is 23.1 Å². The van der Waals surface area contributed by atoms with E-state index < -0.39 is 10.0 Å². The number of nitrogens with zero attached hydrogens (tertiary/aromatic N) is 2. The van der Waals surface area contributed by atoms with E-state index in [2.05, 4.69) is 20.0 Å². The van der Waals surface area contributed by atoms with E-state index in [0.717, 1.165) is 0 Å². The first-order chi connectivity index (χ1) is 14.3. The third-order valence-corrected chi connectivity index (χ3v) is 5.40. The topological polar surface area (TPSA) is 110 Å². The van der Waals surface area contributed by atoms with Gasteiger partial charge in [-0.3, -0.25) is 4.79 Å². The van der Waals surface area contributed by atoms with Gasteiger partial charge in [-0.15, -0.1) is 0 Å². The average molecular weight is 426 g/mol. The molecular weight excluding hydrogens is 404 g/mol. The van der Waals surface area contributed by atoms with Crippen molar-refractivity contribution in [1.29, 1.82) is 0 Å². The molecule has 2 aromatic carbocycles. The maximum absolute atomic E-state index is 12.6. The molecule has 0 saturated heterocycles. The van der Waals surface area contributed by atoms with Crippen LogP contribution < -0.4 is 14.8 Å². The molecule has 3 rings (SSSR count). The second-order valence-corrected chi connectivity index (χ2v) is 8.20. The zero-order chi connectivity index (χ0) is 21.7. The number of hydrogen-bond donors (Lipinski definition) is 2. The normalized spacial score (nSPS) is 11.0. The van der Waals surface area contributed by atoms with Crippen molar-refractivity contribution in [2.45, 2.75) is 25.7 Å². The van der Waals surface area contributed by atoms with Crippen LogP contribution in [-0.2, 0) is 10.0 Å². The smallest absolute Gasteiger partial charge is 0.264 e. The van der Waals surface area contributed by atoms with Crippen molar-refractivity contribution in [3.63, 3.8) is 0 Å². The Morgan fingerprint density at radius 3 is 2.13 bits per heavy atom. The van der Waals surface area contributed by atoms with Crippen molar-refractivity contribution in [1.82, 2.24) is 9.97 Å². The Hall–Kier alpha value is -3.46. The van der Waals surface area contributed by atoms with Gasteiger partial charge < -0.3 is 10.1 Å². The molecule has 0 spiro atoms. The Labute approximate surface area is 175 Å². The molecule has 0 unspecified atom stereocenters. The van der Waals surface area contributed by atoms with Crippen LogP contribution in [0.4, 0.5) is 11.6 Å². The van der Waals surface area contributed by atoms with Crippen molar-refractivity contribution in [2.24, 2.45) is 0 Å². The van der Waals surface area contributed by atoms with Crippen LogP contribution >= 0.6 is 0 Å². The molecule has 0 saturated carbocycles. The van der Waals surface area contributed by atoms with Crippen LogP contribution in [0.5, 0.6) is 5.75 Å². The van der Waals surface area contributed by atoms with Crippen molar-refractivity contribution in [3.05, 3.63) is 71.5 Å². The number of carbonyl (C=O) groups excluding carboxylic acids is 1. The number of rotatable bonds is 7. The van der Waals surface area contributed by atoms with E-state index in [-0.39, 0.29) is 16.8 Å². The zero-order valence-corrected chi connectivity index (χ0v) is 17.7. The summed E-state index contributed by atoms with van der Waals surface area (Å²) < 4.78 is 32.9. The largest absolute Gasteiger partial charge is 0.494 e. The average Bonchev–Trinajstić information content (AvgIpc) is 2.68. The fourth-order valence-corrected chi connectivity index (χ4v) is 3.68. The van der Waals surface area contributed by atoms with Crippen molar-refractivity contribution in [2.75, 3.05) is 16.6 Å². The Morgan fingerprint density at radius 2 is 1.57 bits per heavy atom. The summed E-state index contributed by atoms with van der Waals surface area (Å²) in [6, 6.07) is 14.3. The monoisotopic (exact) mass is 426 g/mol. The number of anilines is 2. The molecule has 0 radical (unpaired) electrons. The summed E-state index contributed by atoms with van der Waals surface area (Å²) in [5.41, 5.74) is 2.25. The van der Waals surface area contributed by atoms with Gasteiger partial charge in [-0.05, 0) is 75.4 Å². The lowest BCUT2D eigenvalue weighted by Gasteiger charge is -2.10. The fourth-order valence-electron chi connectivity index (χ4n) is 2.74. The second kappa shape index (κ2) is 8.91.